The number of para-hydroxylation sites is 1. The van der Waals surface area contributed by atoms with Crippen molar-refractivity contribution in [2.24, 2.45) is 0 Å². The fraction of sp³-hybridized carbons (Fsp3) is 0.263. The maximum absolute atomic E-state index is 12.7. The first kappa shape index (κ1) is 17.5. The Morgan fingerprint density at radius 1 is 0.917 bits per heavy atom. The lowest BCUT2D eigenvalue weighted by Crippen LogP contribution is -2.42. The first-order chi connectivity index (χ1) is 11.6. The summed E-state index contributed by atoms with van der Waals surface area (Å²) in [5.41, 5.74) is 1.49. The highest BCUT2D eigenvalue weighted by molar-refractivity contribution is 6.02. The number of benzene rings is 2. The number of hydrogen-bond acceptors (Lipinski definition) is 3. The molecule has 0 radical (unpaired) electrons. The van der Waals surface area contributed by atoms with Gasteiger partial charge in [0.1, 0.15) is 12.3 Å². The molecule has 126 valence electrons. The molecule has 0 aliphatic rings. The van der Waals surface area contributed by atoms with E-state index in [9.17, 15) is 9.59 Å². The highest BCUT2D eigenvalue weighted by Crippen LogP contribution is 2.20. The van der Waals surface area contributed by atoms with E-state index >= 15 is 0 Å². The summed E-state index contributed by atoms with van der Waals surface area (Å²) < 4.78 is 5.13. The van der Waals surface area contributed by atoms with E-state index in [1.54, 1.807) is 36.3 Å². The van der Waals surface area contributed by atoms with Crippen molar-refractivity contribution in [2.75, 3.05) is 30.0 Å². The van der Waals surface area contributed by atoms with Crippen molar-refractivity contribution in [3.63, 3.8) is 0 Å². The molecule has 0 saturated heterocycles. The molecule has 2 amide bonds. The second-order valence-electron chi connectivity index (χ2n) is 5.28. The Labute approximate surface area is 142 Å². The van der Waals surface area contributed by atoms with Crippen molar-refractivity contribution in [2.45, 2.75) is 13.8 Å². The predicted molar refractivity (Wildman–Crippen MR) is 95.5 cm³/mol. The fourth-order valence-electron chi connectivity index (χ4n) is 2.48. The van der Waals surface area contributed by atoms with Gasteiger partial charge < -0.3 is 14.5 Å². The highest BCUT2D eigenvalue weighted by atomic mass is 16.5. The maximum Gasteiger partial charge on any atom is 0.247 e. The van der Waals surface area contributed by atoms with Crippen LogP contribution in [0.3, 0.4) is 0 Å². The number of anilines is 2. The summed E-state index contributed by atoms with van der Waals surface area (Å²) in [7, 11) is 1.58. The Morgan fingerprint density at radius 2 is 1.50 bits per heavy atom. The monoisotopic (exact) mass is 326 g/mol. The van der Waals surface area contributed by atoms with E-state index in [1.165, 1.54) is 11.8 Å². The van der Waals surface area contributed by atoms with Gasteiger partial charge >= 0.3 is 0 Å². The quantitative estimate of drug-likeness (QED) is 0.819. The maximum atomic E-state index is 12.7. The first-order valence-electron chi connectivity index (χ1n) is 7.84. The molecule has 24 heavy (non-hydrogen) atoms. The molecule has 0 fully saturated rings. The SMILES string of the molecule is CCN(C(=O)CN(C(C)=O)c1ccc(OC)cc1)c1ccccc1. The van der Waals surface area contributed by atoms with E-state index < -0.39 is 0 Å². The number of amides is 2. The molecule has 2 aromatic carbocycles. The molecule has 5 nitrogen and oxygen atoms in total. The van der Waals surface area contributed by atoms with Gasteiger partial charge in [-0.15, -0.1) is 0 Å². The van der Waals surface area contributed by atoms with Crippen molar-refractivity contribution in [3.8, 4) is 5.75 Å². The number of ether oxygens (including phenoxy) is 1. The third kappa shape index (κ3) is 4.13. The van der Waals surface area contributed by atoms with Gasteiger partial charge in [0.05, 0.1) is 7.11 Å². The summed E-state index contributed by atoms with van der Waals surface area (Å²) in [5, 5.41) is 0. The van der Waals surface area contributed by atoms with Crippen LogP contribution in [0.25, 0.3) is 0 Å². The molecule has 0 heterocycles. The lowest BCUT2D eigenvalue weighted by molar-refractivity contribution is -0.121. The van der Waals surface area contributed by atoms with Crippen LogP contribution < -0.4 is 14.5 Å². The molecule has 0 unspecified atom stereocenters. The van der Waals surface area contributed by atoms with Crippen LogP contribution in [0.1, 0.15) is 13.8 Å². The molecule has 0 aliphatic carbocycles. The van der Waals surface area contributed by atoms with Crippen LogP contribution in [0.4, 0.5) is 11.4 Å². The number of nitrogens with zero attached hydrogens (tertiary/aromatic N) is 2. The fourth-order valence-corrected chi connectivity index (χ4v) is 2.48. The molecular weight excluding hydrogens is 304 g/mol. The Morgan fingerprint density at radius 3 is 2.00 bits per heavy atom. The number of likely N-dealkylation sites (N-methyl/N-ethyl adjacent to an activating group) is 1. The largest absolute Gasteiger partial charge is 0.497 e. The zero-order chi connectivity index (χ0) is 17.5. The van der Waals surface area contributed by atoms with Gasteiger partial charge in [0.2, 0.25) is 11.8 Å². The van der Waals surface area contributed by atoms with Gasteiger partial charge in [0.25, 0.3) is 0 Å². The van der Waals surface area contributed by atoms with Crippen LogP contribution in [0.5, 0.6) is 5.75 Å². The average molecular weight is 326 g/mol. The van der Waals surface area contributed by atoms with Crippen molar-refractivity contribution in [1.29, 1.82) is 0 Å². The van der Waals surface area contributed by atoms with Gasteiger partial charge in [-0.25, -0.2) is 0 Å². The lowest BCUT2D eigenvalue weighted by atomic mass is 10.2. The smallest absolute Gasteiger partial charge is 0.247 e. The average Bonchev–Trinajstić information content (AvgIpc) is 2.61. The van der Waals surface area contributed by atoms with Crippen molar-refractivity contribution < 1.29 is 14.3 Å². The van der Waals surface area contributed by atoms with Crippen LogP contribution in [0, 0.1) is 0 Å². The molecule has 0 aliphatic heterocycles. The second-order valence-corrected chi connectivity index (χ2v) is 5.28. The van der Waals surface area contributed by atoms with E-state index in [-0.39, 0.29) is 18.4 Å². The summed E-state index contributed by atoms with van der Waals surface area (Å²) in [6, 6.07) is 16.5. The minimum atomic E-state index is -0.183. The minimum Gasteiger partial charge on any atom is -0.497 e. The molecule has 2 aromatic rings. The van der Waals surface area contributed by atoms with E-state index in [4.69, 9.17) is 4.74 Å². The van der Waals surface area contributed by atoms with Crippen molar-refractivity contribution in [1.82, 2.24) is 0 Å². The van der Waals surface area contributed by atoms with Crippen LogP contribution >= 0.6 is 0 Å². The Kier molecular flexibility index (Phi) is 5.95. The summed E-state index contributed by atoms with van der Waals surface area (Å²) >= 11 is 0. The Balaban J connectivity index is 2.19. The molecule has 2 rings (SSSR count). The number of carbonyl (C=O) groups is 2. The second kappa shape index (κ2) is 8.15. The third-order valence-corrected chi connectivity index (χ3v) is 3.74. The normalized spacial score (nSPS) is 10.1. The standard InChI is InChI=1S/C19H22N2O3/c1-4-20(16-8-6-5-7-9-16)19(23)14-21(15(2)22)17-10-12-18(24-3)13-11-17/h5-13H,4,14H2,1-3H3. The summed E-state index contributed by atoms with van der Waals surface area (Å²) in [4.78, 5) is 27.8. The van der Waals surface area contributed by atoms with E-state index in [2.05, 4.69) is 0 Å². The van der Waals surface area contributed by atoms with E-state index in [0.717, 1.165) is 5.69 Å². The molecule has 0 N–H and O–H groups in total. The molecule has 0 aromatic heterocycles. The zero-order valence-electron chi connectivity index (χ0n) is 14.2. The summed E-state index contributed by atoms with van der Waals surface area (Å²) in [6.07, 6.45) is 0. The van der Waals surface area contributed by atoms with Gasteiger partial charge in [0.15, 0.2) is 0 Å². The predicted octanol–water partition coefficient (Wildman–Crippen LogP) is 3.10. The number of rotatable bonds is 6. The van der Waals surface area contributed by atoms with Crippen LogP contribution in [0.2, 0.25) is 0 Å². The zero-order valence-corrected chi connectivity index (χ0v) is 14.2. The highest BCUT2D eigenvalue weighted by Gasteiger charge is 2.20. The number of hydrogen-bond donors (Lipinski definition) is 0. The Hall–Kier alpha value is -2.82. The summed E-state index contributed by atoms with van der Waals surface area (Å²) in [6.45, 7) is 3.90. The third-order valence-electron chi connectivity index (χ3n) is 3.74. The molecule has 0 bridgehead atoms. The van der Waals surface area contributed by atoms with Gasteiger partial charge in [-0.05, 0) is 43.3 Å². The van der Waals surface area contributed by atoms with E-state index in [1.807, 2.05) is 37.3 Å². The Bertz CT molecular complexity index is 684. The van der Waals surface area contributed by atoms with Gasteiger partial charge in [-0.1, -0.05) is 18.2 Å². The van der Waals surface area contributed by atoms with Gasteiger partial charge in [0, 0.05) is 24.8 Å². The minimum absolute atomic E-state index is 0.00953. The van der Waals surface area contributed by atoms with Crippen LogP contribution in [0.15, 0.2) is 54.6 Å². The molecule has 0 spiro atoms. The van der Waals surface area contributed by atoms with Gasteiger partial charge in [-0.2, -0.15) is 0 Å². The molecular formula is C19H22N2O3. The molecule has 5 heteroatoms. The lowest BCUT2D eigenvalue weighted by Gasteiger charge is -2.26. The van der Waals surface area contributed by atoms with Crippen molar-refractivity contribution >= 4 is 23.2 Å². The topological polar surface area (TPSA) is 49.9 Å². The van der Waals surface area contributed by atoms with Crippen molar-refractivity contribution in [3.05, 3.63) is 54.6 Å². The molecule has 0 saturated carbocycles. The number of carbonyl (C=O) groups excluding carboxylic acids is 2. The van der Waals surface area contributed by atoms with E-state index in [0.29, 0.717) is 18.0 Å². The summed E-state index contributed by atoms with van der Waals surface area (Å²) in [5.74, 6) is 0.389. The van der Waals surface area contributed by atoms with Crippen LogP contribution in [-0.2, 0) is 9.59 Å². The first-order valence-corrected chi connectivity index (χ1v) is 7.84. The van der Waals surface area contributed by atoms with Crippen LogP contribution in [-0.4, -0.2) is 32.0 Å². The van der Waals surface area contributed by atoms with Gasteiger partial charge in [-0.3, -0.25) is 9.59 Å². The molecule has 0 atom stereocenters. The number of methoxy groups -OCH3 is 1.